The number of thiazole rings is 1. The number of aromatic nitrogens is 1. The second kappa shape index (κ2) is 9.75. The van der Waals surface area contributed by atoms with Gasteiger partial charge in [0.2, 0.25) is 0 Å². The molecule has 160 valence electrons. The molecule has 31 heavy (non-hydrogen) atoms. The minimum atomic E-state index is -0.283. The van der Waals surface area contributed by atoms with Gasteiger partial charge in [0.1, 0.15) is 12.4 Å². The van der Waals surface area contributed by atoms with Crippen molar-refractivity contribution in [2.75, 3.05) is 18.4 Å². The fraction of sp³-hybridized carbons (Fsp3) is 0.292. The van der Waals surface area contributed by atoms with Crippen molar-refractivity contribution in [3.05, 3.63) is 75.7 Å². The van der Waals surface area contributed by atoms with Crippen molar-refractivity contribution in [3.63, 3.8) is 0 Å². The summed E-state index contributed by atoms with van der Waals surface area (Å²) in [5, 5.41) is 5.85. The van der Waals surface area contributed by atoms with Gasteiger partial charge < -0.3 is 15.0 Å². The molecule has 0 aliphatic carbocycles. The molecule has 3 aromatic rings. The average molecular weight is 436 g/mol. The number of para-hydroxylation sites is 1. The van der Waals surface area contributed by atoms with Crippen molar-refractivity contribution in [3.8, 4) is 5.75 Å². The average Bonchev–Trinajstić information content (AvgIpc) is 3.23. The number of aryl methyl sites for hydroxylation is 1. The molecule has 0 atom stereocenters. The fourth-order valence-corrected chi connectivity index (χ4v) is 4.20. The molecule has 0 spiro atoms. The van der Waals surface area contributed by atoms with Crippen molar-refractivity contribution in [2.45, 2.75) is 32.8 Å². The molecular formula is C24H25N3O3S. The van der Waals surface area contributed by atoms with Gasteiger partial charge in [-0.15, -0.1) is 11.3 Å². The molecule has 6 nitrogen and oxygen atoms in total. The topological polar surface area (TPSA) is 71.5 Å². The third-order valence-corrected chi connectivity index (χ3v) is 6.02. The largest absolute Gasteiger partial charge is 0.487 e. The Kier molecular flexibility index (Phi) is 6.62. The maximum absolute atomic E-state index is 13.0. The van der Waals surface area contributed by atoms with E-state index in [1.807, 2.05) is 35.4 Å². The lowest BCUT2D eigenvalue weighted by Crippen LogP contribution is -2.36. The van der Waals surface area contributed by atoms with Crippen LogP contribution in [0, 0.1) is 6.92 Å². The number of anilines is 1. The fourth-order valence-electron chi connectivity index (χ4n) is 3.60. The molecule has 1 fully saturated rings. The Bertz CT molecular complexity index is 1070. The zero-order chi connectivity index (χ0) is 21.6. The molecule has 1 N–H and O–H groups in total. The highest BCUT2D eigenvalue weighted by Crippen LogP contribution is 2.22. The van der Waals surface area contributed by atoms with Crippen LogP contribution in [0.2, 0.25) is 0 Å². The molecule has 2 heterocycles. The SMILES string of the molecule is Cc1nc(COc2cccc(C(=O)Nc3ccccc3C(=O)N3CCCCC3)c2)cs1. The highest BCUT2D eigenvalue weighted by Gasteiger charge is 2.21. The lowest BCUT2D eigenvalue weighted by molar-refractivity contribution is 0.0725. The molecule has 1 saturated heterocycles. The van der Waals surface area contributed by atoms with E-state index in [0.717, 1.165) is 43.1 Å². The molecule has 1 aromatic heterocycles. The number of ether oxygens (including phenoxy) is 1. The molecule has 0 radical (unpaired) electrons. The van der Waals surface area contributed by atoms with Crippen LogP contribution in [0.1, 0.15) is 50.7 Å². The van der Waals surface area contributed by atoms with E-state index < -0.39 is 0 Å². The van der Waals surface area contributed by atoms with Crippen molar-refractivity contribution >= 4 is 28.8 Å². The monoisotopic (exact) mass is 435 g/mol. The summed E-state index contributed by atoms with van der Waals surface area (Å²) in [7, 11) is 0. The highest BCUT2D eigenvalue weighted by molar-refractivity contribution is 7.09. The van der Waals surface area contributed by atoms with Crippen LogP contribution in [0.4, 0.5) is 5.69 Å². The van der Waals surface area contributed by atoms with Crippen LogP contribution < -0.4 is 10.1 Å². The minimum Gasteiger partial charge on any atom is -0.487 e. The van der Waals surface area contributed by atoms with Crippen molar-refractivity contribution < 1.29 is 14.3 Å². The molecule has 2 aromatic carbocycles. The third-order valence-electron chi connectivity index (χ3n) is 5.20. The normalized spacial score (nSPS) is 13.6. The number of piperidine rings is 1. The predicted octanol–water partition coefficient (Wildman–Crippen LogP) is 4.91. The number of benzene rings is 2. The van der Waals surface area contributed by atoms with Gasteiger partial charge in [-0.2, -0.15) is 0 Å². The van der Waals surface area contributed by atoms with E-state index in [1.54, 1.807) is 41.7 Å². The van der Waals surface area contributed by atoms with E-state index in [-0.39, 0.29) is 11.8 Å². The second-order valence-corrected chi connectivity index (χ2v) is 8.59. The van der Waals surface area contributed by atoms with Gasteiger partial charge in [0.15, 0.2) is 0 Å². The Morgan fingerprint density at radius 3 is 2.68 bits per heavy atom. The number of rotatable bonds is 6. The van der Waals surface area contributed by atoms with Crippen molar-refractivity contribution in [2.24, 2.45) is 0 Å². The van der Waals surface area contributed by atoms with Gasteiger partial charge >= 0.3 is 0 Å². The molecule has 1 aliphatic heterocycles. The van der Waals surface area contributed by atoms with Gasteiger partial charge in [-0.25, -0.2) is 4.98 Å². The lowest BCUT2D eigenvalue weighted by atomic mass is 10.1. The zero-order valence-electron chi connectivity index (χ0n) is 17.5. The van der Waals surface area contributed by atoms with Crippen LogP contribution in [0.3, 0.4) is 0 Å². The molecule has 4 rings (SSSR count). The molecule has 7 heteroatoms. The zero-order valence-corrected chi connectivity index (χ0v) is 18.3. The number of nitrogens with zero attached hydrogens (tertiary/aromatic N) is 2. The first-order valence-corrected chi connectivity index (χ1v) is 11.3. The number of nitrogens with one attached hydrogen (secondary N) is 1. The van der Waals surface area contributed by atoms with Crippen molar-refractivity contribution in [1.29, 1.82) is 0 Å². The second-order valence-electron chi connectivity index (χ2n) is 7.53. The van der Waals surface area contributed by atoms with Crippen molar-refractivity contribution in [1.82, 2.24) is 9.88 Å². The van der Waals surface area contributed by atoms with E-state index >= 15 is 0 Å². The summed E-state index contributed by atoms with van der Waals surface area (Å²) in [6.45, 7) is 3.83. The lowest BCUT2D eigenvalue weighted by Gasteiger charge is -2.27. The van der Waals surface area contributed by atoms with Crippen LogP contribution in [-0.4, -0.2) is 34.8 Å². The van der Waals surface area contributed by atoms with Crippen LogP contribution in [0.15, 0.2) is 53.9 Å². The Balaban J connectivity index is 1.45. The molecule has 0 unspecified atom stereocenters. The van der Waals surface area contributed by atoms with Crippen LogP contribution in [-0.2, 0) is 6.61 Å². The minimum absolute atomic E-state index is 0.0359. The number of carbonyl (C=O) groups excluding carboxylic acids is 2. The maximum Gasteiger partial charge on any atom is 0.255 e. The van der Waals surface area contributed by atoms with Crippen LogP contribution >= 0.6 is 11.3 Å². The maximum atomic E-state index is 13.0. The standard InChI is InChI=1S/C24H25N3O3S/c1-17-25-19(16-31-17)15-30-20-9-7-8-18(14-20)23(28)26-22-11-4-3-10-21(22)24(29)27-12-5-2-6-13-27/h3-4,7-11,14,16H,2,5-6,12-13,15H2,1H3,(H,26,28). The summed E-state index contributed by atoms with van der Waals surface area (Å²) in [4.78, 5) is 32.1. The summed E-state index contributed by atoms with van der Waals surface area (Å²) in [6, 6.07) is 14.2. The summed E-state index contributed by atoms with van der Waals surface area (Å²) < 4.78 is 5.79. The molecule has 0 saturated carbocycles. The van der Waals surface area contributed by atoms with Crippen LogP contribution in [0.5, 0.6) is 5.75 Å². The third kappa shape index (κ3) is 5.30. The quantitative estimate of drug-likeness (QED) is 0.597. The molecular weight excluding hydrogens is 410 g/mol. The smallest absolute Gasteiger partial charge is 0.255 e. The van der Waals surface area contributed by atoms with E-state index in [4.69, 9.17) is 4.74 Å². The van der Waals surface area contributed by atoms with Gasteiger partial charge in [0.25, 0.3) is 11.8 Å². The van der Waals surface area contributed by atoms with E-state index in [2.05, 4.69) is 10.3 Å². The number of likely N-dealkylation sites (tertiary alicyclic amines) is 1. The van der Waals surface area contributed by atoms with E-state index in [0.29, 0.717) is 29.2 Å². The first-order chi connectivity index (χ1) is 15.1. The molecule has 2 amide bonds. The summed E-state index contributed by atoms with van der Waals surface area (Å²) >= 11 is 1.58. The molecule has 1 aliphatic rings. The summed E-state index contributed by atoms with van der Waals surface area (Å²) in [5.41, 5.74) is 2.37. The number of hydrogen-bond acceptors (Lipinski definition) is 5. The van der Waals surface area contributed by atoms with Crippen LogP contribution in [0.25, 0.3) is 0 Å². The van der Waals surface area contributed by atoms with Gasteiger partial charge in [0, 0.05) is 24.0 Å². The number of carbonyl (C=O) groups is 2. The first kappa shape index (κ1) is 21.1. The predicted molar refractivity (Wildman–Crippen MR) is 122 cm³/mol. The van der Waals surface area contributed by atoms with Gasteiger partial charge in [-0.05, 0) is 56.5 Å². The van der Waals surface area contributed by atoms with Gasteiger partial charge in [0.05, 0.1) is 22.0 Å². The first-order valence-electron chi connectivity index (χ1n) is 10.4. The summed E-state index contributed by atoms with van der Waals surface area (Å²) in [5.74, 6) is 0.274. The highest BCUT2D eigenvalue weighted by atomic mass is 32.1. The number of amides is 2. The molecule has 0 bridgehead atoms. The van der Waals surface area contributed by atoms with E-state index in [1.165, 1.54) is 0 Å². The Labute approximate surface area is 185 Å². The van der Waals surface area contributed by atoms with Gasteiger partial charge in [-0.1, -0.05) is 18.2 Å². The Morgan fingerprint density at radius 2 is 1.90 bits per heavy atom. The Hall–Kier alpha value is -3.19. The number of hydrogen-bond donors (Lipinski definition) is 1. The van der Waals surface area contributed by atoms with E-state index in [9.17, 15) is 9.59 Å². The van der Waals surface area contributed by atoms with Gasteiger partial charge in [-0.3, -0.25) is 9.59 Å². The summed E-state index contributed by atoms with van der Waals surface area (Å²) in [6.07, 6.45) is 3.20. The Morgan fingerprint density at radius 1 is 1.10 bits per heavy atom.